The molecule has 3 heteroatoms. The van der Waals surface area contributed by atoms with Crippen LogP contribution in [0.3, 0.4) is 0 Å². The number of hydrogen-bond donors (Lipinski definition) is 0. The van der Waals surface area contributed by atoms with Gasteiger partial charge in [-0.25, -0.2) is 4.39 Å². The lowest BCUT2D eigenvalue weighted by Gasteiger charge is -1.99. The van der Waals surface area contributed by atoms with Gasteiger partial charge < -0.3 is 0 Å². The van der Waals surface area contributed by atoms with Crippen molar-refractivity contribution in [2.45, 2.75) is 12.8 Å². The summed E-state index contributed by atoms with van der Waals surface area (Å²) >= 11 is 11.0. The maximum Gasteiger partial charge on any atom is 0.142 e. The van der Waals surface area contributed by atoms with Crippen LogP contribution in [0.25, 0.3) is 0 Å². The van der Waals surface area contributed by atoms with Crippen LogP contribution in [0.2, 0.25) is 5.02 Å². The van der Waals surface area contributed by atoms with Crippen LogP contribution in [-0.2, 0) is 6.42 Å². The van der Waals surface area contributed by atoms with Gasteiger partial charge in [0.15, 0.2) is 0 Å². The van der Waals surface area contributed by atoms with Gasteiger partial charge in [0, 0.05) is 5.88 Å². The first-order valence-electron chi connectivity index (χ1n) is 3.74. The van der Waals surface area contributed by atoms with Crippen molar-refractivity contribution < 1.29 is 4.39 Å². The van der Waals surface area contributed by atoms with E-state index < -0.39 is 0 Å². The Morgan fingerprint density at radius 2 is 2.08 bits per heavy atom. The normalized spacial score (nSPS) is 10.2. The van der Waals surface area contributed by atoms with Gasteiger partial charge in [-0.1, -0.05) is 17.7 Å². The van der Waals surface area contributed by atoms with Crippen molar-refractivity contribution in [3.63, 3.8) is 0 Å². The average molecular weight is 207 g/mol. The lowest BCUT2D eigenvalue weighted by atomic mass is 10.1. The van der Waals surface area contributed by atoms with Gasteiger partial charge in [-0.05, 0) is 30.5 Å². The predicted molar refractivity (Wildman–Crippen MR) is 50.5 cm³/mol. The lowest BCUT2D eigenvalue weighted by Crippen LogP contribution is -1.87. The summed E-state index contributed by atoms with van der Waals surface area (Å²) in [5.41, 5.74) is 0.942. The maximum atomic E-state index is 12.8. The van der Waals surface area contributed by atoms with E-state index in [0.717, 1.165) is 18.4 Å². The molecule has 0 unspecified atom stereocenters. The number of hydrogen-bond acceptors (Lipinski definition) is 0. The van der Waals surface area contributed by atoms with E-state index in [1.807, 2.05) is 6.07 Å². The summed E-state index contributed by atoms with van der Waals surface area (Å²) in [6.07, 6.45) is 1.67. The zero-order valence-electron chi connectivity index (χ0n) is 6.49. The summed E-state index contributed by atoms with van der Waals surface area (Å²) in [6, 6.07) is 4.84. The van der Waals surface area contributed by atoms with Gasteiger partial charge >= 0.3 is 0 Å². The van der Waals surface area contributed by atoms with Crippen molar-refractivity contribution in [1.29, 1.82) is 0 Å². The van der Waals surface area contributed by atoms with E-state index in [2.05, 4.69) is 0 Å². The number of alkyl halides is 1. The largest absolute Gasteiger partial charge is 0.205 e. The first-order chi connectivity index (χ1) is 5.74. The molecule has 0 N–H and O–H groups in total. The van der Waals surface area contributed by atoms with Crippen molar-refractivity contribution in [3.8, 4) is 0 Å². The van der Waals surface area contributed by atoms with Crippen LogP contribution in [-0.4, -0.2) is 5.88 Å². The van der Waals surface area contributed by atoms with Gasteiger partial charge in [0.05, 0.1) is 5.02 Å². The first-order valence-corrected chi connectivity index (χ1v) is 4.65. The predicted octanol–water partition coefficient (Wildman–Crippen LogP) is 3.65. The molecule has 0 aliphatic heterocycles. The fraction of sp³-hybridized carbons (Fsp3) is 0.333. The highest BCUT2D eigenvalue weighted by atomic mass is 35.5. The molecule has 0 saturated heterocycles. The molecule has 0 spiro atoms. The molecule has 0 amide bonds. The molecule has 0 atom stereocenters. The summed E-state index contributed by atoms with van der Waals surface area (Å²) < 4.78 is 12.8. The zero-order chi connectivity index (χ0) is 8.97. The van der Waals surface area contributed by atoms with Crippen LogP contribution >= 0.6 is 23.2 Å². The van der Waals surface area contributed by atoms with E-state index >= 15 is 0 Å². The summed E-state index contributed by atoms with van der Waals surface area (Å²) in [4.78, 5) is 0. The molecule has 0 aliphatic rings. The van der Waals surface area contributed by atoms with Gasteiger partial charge in [-0.15, -0.1) is 11.6 Å². The molecule has 0 bridgehead atoms. The molecule has 1 rings (SSSR count). The van der Waals surface area contributed by atoms with E-state index in [1.54, 1.807) is 6.07 Å². The number of benzene rings is 1. The molecule has 0 fully saturated rings. The van der Waals surface area contributed by atoms with Crippen LogP contribution in [0.5, 0.6) is 0 Å². The molecule has 1 aromatic rings. The molecule has 0 radical (unpaired) electrons. The number of rotatable bonds is 3. The van der Waals surface area contributed by atoms with E-state index in [-0.39, 0.29) is 10.8 Å². The third kappa shape index (κ3) is 2.65. The van der Waals surface area contributed by atoms with Gasteiger partial charge in [0.2, 0.25) is 0 Å². The van der Waals surface area contributed by atoms with Crippen LogP contribution in [0.1, 0.15) is 12.0 Å². The Bertz CT molecular complexity index is 261. The molecule has 0 aliphatic carbocycles. The van der Waals surface area contributed by atoms with Crippen molar-refractivity contribution in [3.05, 3.63) is 34.6 Å². The Kier molecular flexibility index (Phi) is 3.83. The lowest BCUT2D eigenvalue weighted by molar-refractivity contribution is 0.625. The second-order valence-electron chi connectivity index (χ2n) is 2.54. The van der Waals surface area contributed by atoms with Gasteiger partial charge in [-0.3, -0.25) is 0 Å². The summed E-state index contributed by atoms with van der Waals surface area (Å²) in [6.45, 7) is 0. The SMILES string of the molecule is Fc1cc(CCCCl)ccc1Cl. The quantitative estimate of drug-likeness (QED) is 0.663. The van der Waals surface area contributed by atoms with Crippen LogP contribution in [0, 0.1) is 5.82 Å². The van der Waals surface area contributed by atoms with E-state index in [9.17, 15) is 4.39 Å². The van der Waals surface area contributed by atoms with Gasteiger partial charge in [0.1, 0.15) is 5.82 Å². The topological polar surface area (TPSA) is 0 Å². The van der Waals surface area contributed by atoms with Crippen LogP contribution in [0.15, 0.2) is 18.2 Å². The van der Waals surface area contributed by atoms with Crippen molar-refractivity contribution >= 4 is 23.2 Å². The summed E-state index contributed by atoms with van der Waals surface area (Å²) in [5, 5.41) is 0.171. The van der Waals surface area contributed by atoms with Gasteiger partial charge in [0.25, 0.3) is 0 Å². The Labute approximate surface area is 81.3 Å². The number of halogens is 3. The molecular formula is C9H9Cl2F. The zero-order valence-corrected chi connectivity index (χ0v) is 8.00. The fourth-order valence-electron chi connectivity index (χ4n) is 0.966. The summed E-state index contributed by atoms with van der Waals surface area (Å²) in [7, 11) is 0. The van der Waals surface area contributed by atoms with E-state index in [4.69, 9.17) is 23.2 Å². The maximum absolute atomic E-state index is 12.8. The highest BCUT2D eigenvalue weighted by Gasteiger charge is 1.99. The van der Waals surface area contributed by atoms with Crippen LogP contribution in [0.4, 0.5) is 4.39 Å². The van der Waals surface area contributed by atoms with E-state index in [0.29, 0.717) is 5.88 Å². The molecule has 0 aromatic heterocycles. The fourth-order valence-corrected chi connectivity index (χ4v) is 1.22. The Hall–Kier alpha value is -0.270. The molecule has 12 heavy (non-hydrogen) atoms. The smallest absolute Gasteiger partial charge is 0.142 e. The Morgan fingerprint density at radius 3 is 2.67 bits per heavy atom. The molecule has 66 valence electrons. The standard InChI is InChI=1S/C9H9Cl2F/c10-5-1-2-7-3-4-8(11)9(12)6-7/h3-4,6H,1-2,5H2. The van der Waals surface area contributed by atoms with Crippen molar-refractivity contribution in [1.82, 2.24) is 0 Å². The second-order valence-corrected chi connectivity index (χ2v) is 3.33. The third-order valence-electron chi connectivity index (χ3n) is 1.58. The minimum atomic E-state index is -0.358. The molecule has 0 saturated carbocycles. The molecular weight excluding hydrogens is 198 g/mol. The summed E-state index contributed by atoms with van der Waals surface area (Å²) in [5.74, 6) is 0.244. The average Bonchev–Trinajstić information content (AvgIpc) is 2.07. The minimum absolute atomic E-state index is 0.171. The van der Waals surface area contributed by atoms with Crippen molar-refractivity contribution in [2.24, 2.45) is 0 Å². The Balaban J connectivity index is 2.69. The molecule has 0 nitrogen and oxygen atoms in total. The molecule has 1 aromatic carbocycles. The number of aryl methyl sites for hydroxylation is 1. The first kappa shape index (κ1) is 9.82. The highest BCUT2D eigenvalue weighted by molar-refractivity contribution is 6.30. The Morgan fingerprint density at radius 1 is 1.33 bits per heavy atom. The second kappa shape index (κ2) is 4.68. The van der Waals surface area contributed by atoms with E-state index in [1.165, 1.54) is 6.07 Å². The van der Waals surface area contributed by atoms with Gasteiger partial charge in [-0.2, -0.15) is 0 Å². The molecule has 0 heterocycles. The monoisotopic (exact) mass is 206 g/mol. The highest BCUT2D eigenvalue weighted by Crippen LogP contribution is 2.16. The third-order valence-corrected chi connectivity index (χ3v) is 2.16. The van der Waals surface area contributed by atoms with Crippen LogP contribution < -0.4 is 0 Å². The minimum Gasteiger partial charge on any atom is -0.205 e. The van der Waals surface area contributed by atoms with Crippen molar-refractivity contribution in [2.75, 3.05) is 5.88 Å².